The average molecular weight is 545 g/mol. The van der Waals surface area contributed by atoms with Gasteiger partial charge in [0.05, 0.1) is 17.5 Å². The number of fused-ring (bicyclic) bond motifs is 3. The quantitative estimate of drug-likeness (QED) is 0.384. The minimum atomic E-state index is -0.585. The predicted molar refractivity (Wildman–Crippen MR) is 146 cm³/mol. The predicted octanol–water partition coefficient (Wildman–Crippen LogP) is 4.43. The first-order chi connectivity index (χ1) is 19.1. The maximum Gasteiger partial charge on any atom is 0.410 e. The average Bonchev–Trinajstić information content (AvgIpc) is 3.61. The number of pyridine rings is 1. The van der Waals surface area contributed by atoms with E-state index in [1.165, 1.54) is 18.6 Å². The number of nitrogens with one attached hydrogen (secondary N) is 1. The Labute approximate surface area is 229 Å². The number of hydrogen-bond donors (Lipinski definition) is 2. The minimum absolute atomic E-state index is 0.0745. The SMILES string of the molecule is CC(C)(C)OC(=O)N1C[C@@H]2CC1C(n1nc(-c3ccc(C(=O)Nc4cc(F)ccn4)cc3)c3c(N)ncnc31)C2. The van der Waals surface area contributed by atoms with Crippen LogP contribution in [-0.4, -0.2) is 59.8 Å². The summed E-state index contributed by atoms with van der Waals surface area (Å²) < 4.78 is 21.0. The van der Waals surface area contributed by atoms with E-state index in [-0.39, 0.29) is 29.8 Å². The van der Waals surface area contributed by atoms with E-state index >= 15 is 0 Å². The number of benzene rings is 1. The van der Waals surface area contributed by atoms with Crippen LogP contribution < -0.4 is 11.1 Å². The lowest BCUT2D eigenvalue weighted by Gasteiger charge is -2.34. The summed E-state index contributed by atoms with van der Waals surface area (Å²) in [6.45, 7) is 6.23. The molecular weight excluding hydrogens is 515 g/mol. The number of nitrogens with zero attached hydrogens (tertiary/aromatic N) is 6. The van der Waals surface area contributed by atoms with E-state index in [2.05, 4.69) is 20.3 Å². The highest BCUT2D eigenvalue weighted by molar-refractivity contribution is 6.04. The van der Waals surface area contributed by atoms with Crippen LogP contribution in [0.1, 0.15) is 50.0 Å². The largest absolute Gasteiger partial charge is 0.444 e. The molecule has 4 heterocycles. The molecule has 1 aromatic carbocycles. The molecule has 2 aliphatic rings. The highest BCUT2D eigenvalue weighted by Crippen LogP contribution is 2.46. The van der Waals surface area contributed by atoms with Crippen LogP contribution >= 0.6 is 0 Å². The van der Waals surface area contributed by atoms with Crippen LogP contribution in [0.2, 0.25) is 0 Å². The van der Waals surface area contributed by atoms with Crippen molar-refractivity contribution in [3.05, 3.63) is 60.3 Å². The molecule has 1 aliphatic carbocycles. The smallest absolute Gasteiger partial charge is 0.410 e. The number of piperidine rings is 1. The third-order valence-corrected chi connectivity index (χ3v) is 7.29. The second kappa shape index (κ2) is 9.54. The normalized spacial score (nSPS) is 20.2. The van der Waals surface area contributed by atoms with E-state index in [0.29, 0.717) is 34.8 Å². The Balaban J connectivity index is 1.31. The van der Waals surface area contributed by atoms with Crippen molar-refractivity contribution >= 4 is 34.7 Å². The number of carbonyl (C=O) groups excluding carboxylic acids is 2. The molecule has 2 amide bonds. The van der Waals surface area contributed by atoms with Crippen molar-refractivity contribution in [2.75, 3.05) is 17.6 Å². The zero-order valence-corrected chi connectivity index (χ0v) is 22.3. The van der Waals surface area contributed by atoms with Gasteiger partial charge in [-0.15, -0.1) is 0 Å². The first-order valence-electron chi connectivity index (χ1n) is 13.1. The highest BCUT2D eigenvalue weighted by atomic mass is 19.1. The van der Waals surface area contributed by atoms with E-state index in [4.69, 9.17) is 15.6 Å². The Morgan fingerprint density at radius 3 is 2.52 bits per heavy atom. The van der Waals surface area contributed by atoms with Crippen LogP contribution in [0.25, 0.3) is 22.3 Å². The number of amides is 2. The van der Waals surface area contributed by atoms with Gasteiger partial charge in [-0.05, 0) is 57.7 Å². The number of carbonyl (C=O) groups is 2. The fourth-order valence-corrected chi connectivity index (χ4v) is 5.65. The highest BCUT2D eigenvalue weighted by Gasteiger charge is 2.49. The summed E-state index contributed by atoms with van der Waals surface area (Å²) in [7, 11) is 0. The zero-order chi connectivity index (χ0) is 28.2. The summed E-state index contributed by atoms with van der Waals surface area (Å²) in [6, 6.07) is 9.01. The van der Waals surface area contributed by atoms with E-state index in [1.807, 2.05) is 30.4 Å². The van der Waals surface area contributed by atoms with E-state index in [9.17, 15) is 14.0 Å². The van der Waals surface area contributed by atoms with Crippen LogP contribution in [-0.2, 0) is 4.74 Å². The third kappa shape index (κ3) is 4.69. The number of anilines is 2. The molecule has 1 saturated heterocycles. The number of ether oxygens (including phenoxy) is 1. The number of halogens is 1. The summed E-state index contributed by atoms with van der Waals surface area (Å²) in [5.74, 6) is -0.165. The van der Waals surface area contributed by atoms with Gasteiger partial charge in [0, 0.05) is 29.9 Å². The van der Waals surface area contributed by atoms with Gasteiger partial charge in [0.1, 0.15) is 35.1 Å². The van der Waals surface area contributed by atoms with Crippen molar-refractivity contribution in [2.24, 2.45) is 5.92 Å². The van der Waals surface area contributed by atoms with Crippen molar-refractivity contribution in [1.29, 1.82) is 0 Å². The fraction of sp³-hybridized carbons (Fsp3) is 0.357. The molecule has 11 nitrogen and oxygen atoms in total. The molecule has 4 aromatic rings. The number of hydrogen-bond acceptors (Lipinski definition) is 8. The number of nitrogens with two attached hydrogens (primary N) is 1. The molecule has 3 atom stereocenters. The van der Waals surface area contributed by atoms with E-state index < -0.39 is 17.3 Å². The molecule has 2 unspecified atom stereocenters. The lowest BCUT2D eigenvalue weighted by Crippen LogP contribution is -2.45. The van der Waals surface area contributed by atoms with Gasteiger partial charge in [-0.3, -0.25) is 4.79 Å². The summed E-state index contributed by atoms with van der Waals surface area (Å²) in [6.07, 6.45) is 4.09. The van der Waals surface area contributed by atoms with E-state index in [0.717, 1.165) is 24.5 Å². The van der Waals surface area contributed by atoms with Crippen molar-refractivity contribution in [1.82, 2.24) is 29.6 Å². The molecule has 3 N–H and O–H groups in total. The topological polar surface area (TPSA) is 141 Å². The minimum Gasteiger partial charge on any atom is -0.444 e. The summed E-state index contributed by atoms with van der Waals surface area (Å²) in [4.78, 5) is 40.1. The maximum atomic E-state index is 13.5. The number of nitrogen functional groups attached to an aromatic ring is 1. The molecule has 0 radical (unpaired) electrons. The van der Waals surface area contributed by atoms with Gasteiger partial charge in [0.25, 0.3) is 5.91 Å². The maximum absolute atomic E-state index is 13.5. The molecule has 3 aromatic heterocycles. The second-order valence-corrected chi connectivity index (χ2v) is 11.2. The number of likely N-dealkylation sites (tertiary alicyclic amines) is 1. The Kier molecular flexibility index (Phi) is 6.12. The molecular formula is C28H29FN8O3. The first-order valence-corrected chi connectivity index (χ1v) is 13.1. The standard InChI is InChI=1S/C28H29FN8O3/c1-28(2,3)40-27(39)36-13-15-10-19(36)20(11-15)37-25-22(24(30)32-14-33-25)23(35-37)16-4-6-17(7-5-16)26(38)34-21-12-18(29)8-9-31-21/h4-9,12,14-15,19-20H,10-11,13H2,1-3H3,(H2,30,32,33)(H,31,34,38)/t15-,19?,20?/m1/s1. The summed E-state index contributed by atoms with van der Waals surface area (Å²) in [5.41, 5.74) is 7.98. The Hall–Kier alpha value is -4.61. The van der Waals surface area contributed by atoms with Crippen molar-refractivity contribution in [3.63, 3.8) is 0 Å². The van der Waals surface area contributed by atoms with Crippen LogP contribution in [0.3, 0.4) is 0 Å². The Bertz CT molecular complexity index is 1610. The van der Waals surface area contributed by atoms with Crippen molar-refractivity contribution < 1.29 is 18.7 Å². The summed E-state index contributed by atoms with van der Waals surface area (Å²) >= 11 is 0. The van der Waals surface area contributed by atoms with Gasteiger partial charge in [-0.1, -0.05) is 12.1 Å². The van der Waals surface area contributed by atoms with Gasteiger partial charge in [0.2, 0.25) is 0 Å². The van der Waals surface area contributed by atoms with Crippen molar-refractivity contribution in [2.45, 2.75) is 51.3 Å². The molecule has 40 heavy (non-hydrogen) atoms. The van der Waals surface area contributed by atoms with Gasteiger partial charge in [0.15, 0.2) is 5.65 Å². The molecule has 2 fully saturated rings. The van der Waals surface area contributed by atoms with Crippen LogP contribution in [0.5, 0.6) is 0 Å². The molecule has 0 spiro atoms. The van der Waals surface area contributed by atoms with E-state index in [1.54, 1.807) is 24.3 Å². The molecule has 2 bridgehead atoms. The molecule has 6 rings (SSSR count). The van der Waals surface area contributed by atoms with Crippen LogP contribution in [0.15, 0.2) is 48.9 Å². The monoisotopic (exact) mass is 544 g/mol. The van der Waals surface area contributed by atoms with Gasteiger partial charge < -0.3 is 20.7 Å². The second-order valence-electron chi connectivity index (χ2n) is 11.2. The van der Waals surface area contributed by atoms with Gasteiger partial charge in [-0.25, -0.2) is 28.8 Å². The first kappa shape index (κ1) is 25.7. The summed E-state index contributed by atoms with van der Waals surface area (Å²) in [5, 5.41) is 8.14. The fourth-order valence-electron chi connectivity index (χ4n) is 5.65. The lowest BCUT2D eigenvalue weighted by atomic mass is 10.1. The number of aromatic nitrogens is 5. The third-order valence-electron chi connectivity index (χ3n) is 7.29. The molecule has 1 aliphatic heterocycles. The molecule has 1 saturated carbocycles. The molecule has 12 heteroatoms. The Morgan fingerprint density at radius 2 is 1.82 bits per heavy atom. The lowest BCUT2D eigenvalue weighted by molar-refractivity contribution is 0.0135. The van der Waals surface area contributed by atoms with Gasteiger partial charge >= 0.3 is 6.09 Å². The van der Waals surface area contributed by atoms with Crippen molar-refractivity contribution in [3.8, 4) is 11.3 Å². The van der Waals surface area contributed by atoms with Gasteiger partial charge in [-0.2, -0.15) is 5.10 Å². The van der Waals surface area contributed by atoms with Crippen LogP contribution in [0, 0.1) is 11.7 Å². The Morgan fingerprint density at radius 1 is 1.07 bits per heavy atom. The van der Waals surface area contributed by atoms with Crippen LogP contribution in [0.4, 0.5) is 20.8 Å². The molecule has 206 valence electrons. The number of rotatable bonds is 4. The zero-order valence-electron chi connectivity index (χ0n) is 22.3.